The first kappa shape index (κ1) is 37.3. The number of hydrogen-bond acceptors (Lipinski definition) is 8. The highest BCUT2D eigenvalue weighted by molar-refractivity contribution is 5.96. The van der Waals surface area contributed by atoms with E-state index in [-0.39, 0.29) is 31.2 Å². The molecule has 0 aliphatic carbocycles. The molecule has 1 aliphatic rings. The van der Waals surface area contributed by atoms with E-state index in [9.17, 15) is 33.6 Å². The quantitative estimate of drug-likeness (QED) is 0.109. The lowest BCUT2D eigenvalue weighted by Crippen LogP contribution is -2.59. The summed E-state index contributed by atoms with van der Waals surface area (Å²) in [6.07, 6.45) is 0.965. The first-order chi connectivity index (χ1) is 20.0. The largest absolute Gasteiger partial charge is 0.481 e. The van der Waals surface area contributed by atoms with Gasteiger partial charge in [0.05, 0.1) is 6.04 Å². The highest BCUT2D eigenvalue weighted by atomic mass is 16.4. The molecule has 15 nitrogen and oxygen atoms in total. The van der Waals surface area contributed by atoms with Crippen molar-refractivity contribution in [2.24, 2.45) is 17.6 Å². The fourth-order valence-corrected chi connectivity index (χ4v) is 4.67. The van der Waals surface area contributed by atoms with Crippen LogP contribution in [0.3, 0.4) is 0 Å². The SMILES string of the molecule is CC[C@H](C)[C@H](NC(=O)[C@@H](N)CC(C)C)C(=O)N[C@@H](C)C(=O)N1CCC[C@H]1C(=O)N[C@@H](CCC(=O)O)C(=O)N[C@@H](C)C(=O)O. The molecule has 8 N–H and O–H groups in total. The zero-order valence-corrected chi connectivity index (χ0v) is 25.8. The number of amides is 5. The van der Waals surface area contributed by atoms with Gasteiger partial charge in [0.1, 0.15) is 30.2 Å². The highest BCUT2D eigenvalue weighted by Gasteiger charge is 2.39. The molecule has 0 aromatic heterocycles. The summed E-state index contributed by atoms with van der Waals surface area (Å²) < 4.78 is 0. The Balaban J connectivity index is 2.98. The van der Waals surface area contributed by atoms with Gasteiger partial charge in [0, 0.05) is 13.0 Å². The standard InChI is InChI=1S/C28H48N6O9/c1-7-15(4)22(33-23(37)18(29)13-14(2)3)26(40)30-16(5)27(41)34-12-8-9-20(34)25(39)32-19(10-11-21(35)36)24(38)31-17(6)28(42)43/h14-20,22H,7-13,29H2,1-6H3,(H,30,40)(H,31,38)(H,32,39)(H,33,37)(H,35,36)(H,42,43)/t15-,16-,17-,18-,19-,20-,22-/m0/s1. The predicted octanol–water partition coefficient (Wildman–Crippen LogP) is -0.675. The molecule has 1 aliphatic heterocycles. The topological polar surface area (TPSA) is 237 Å². The van der Waals surface area contributed by atoms with E-state index in [1.165, 1.54) is 18.7 Å². The summed E-state index contributed by atoms with van der Waals surface area (Å²) in [5, 5.41) is 28.1. The Bertz CT molecular complexity index is 1040. The Morgan fingerprint density at radius 2 is 1.47 bits per heavy atom. The van der Waals surface area contributed by atoms with Crippen LogP contribution in [0.5, 0.6) is 0 Å². The number of nitrogens with one attached hydrogen (secondary N) is 4. The van der Waals surface area contributed by atoms with Crippen LogP contribution in [0.2, 0.25) is 0 Å². The maximum atomic E-state index is 13.4. The first-order valence-corrected chi connectivity index (χ1v) is 14.7. The molecule has 1 rings (SSSR count). The van der Waals surface area contributed by atoms with E-state index in [1.54, 1.807) is 6.92 Å². The Hall–Kier alpha value is -3.75. The lowest BCUT2D eigenvalue weighted by molar-refractivity contribution is -0.143. The van der Waals surface area contributed by atoms with Crippen molar-refractivity contribution in [1.29, 1.82) is 0 Å². The first-order valence-electron chi connectivity index (χ1n) is 14.7. The number of nitrogens with zero attached hydrogens (tertiary/aromatic N) is 1. The number of aliphatic carboxylic acids is 2. The maximum absolute atomic E-state index is 13.4. The molecule has 1 heterocycles. The monoisotopic (exact) mass is 612 g/mol. The number of carbonyl (C=O) groups is 7. The smallest absolute Gasteiger partial charge is 0.325 e. The Kier molecular flexibility index (Phi) is 15.1. The number of carboxylic acids is 2. The second-order valence-corrected chi connectivity index (χ2v) is 11.6. The minimum atomic E-state index is -1.35. The van der Waals surface area contributed by atoms with E-state index in [0.29, 0.717) is 19.3 Å². The third-order valence-electron chi connectivity index (χ3n) is 7.43. The van der Waals surface area contributed by atoms with Gasteiger partial charge in [-0.1, -0.05) is 34.1 Å². The summed E-state index contributed by atoms with van der Waals surface area (Å²) in [5.74, 6) is -5.78. The van der Waals surface area contributed by atoms with Crippen molar-refractivity contribution in [3.05, 3.63) is 0 Å². The van der Waals surface area contributed by atoms with Crippen LogP contribution in [0, 0.1) is 11.8 Å². The van der Waals surface area contributed by atoms with Crippen LogP contribution < -0.4 is 27.0 Å². The third kappa shape index (κ3) is 11.8. The zero-order chi connectivity index (χ0) is 33.0. The number of nitrogens with two attached hydrogens (primary N) is 1. The van der Waals surface area contributed by atoms with E-state index in [0.717, 1.165) is 0 Å². The molecule has 7 atom stereocenters. The molecule has 15 heteroatoms. The Labute approximate surface area is 252 Å². The zero-order valence-electron chi connectivity index (χ0n) is 25.8. The van der Waals surface area contributed by atoms with Crippen molar-refractivity contribution in [1.82, 2.24) is 26.2 Å². The van der Waals surface area contributed by atoms with Crippen LogP contribution in [0.25, 0.3) is 0 Å². The summed E-state index contributed by atoms with van der Waals surface area (Å²) in [5.41, 5.74) is 5.98. The van der Waals surface area contributed by atoms with Crippen molar-refractivity contribution in [3.8, 4) is 0 Å². The molecule has 0 spiro atoms. The summed E-state index contributed by atoms with van der Waals surface area (Å²) in [6, 6.07) is -6.41. The second-order valence-electron chi connectivity index (χ2n) is 11.6. The molecule has 0 radical (unpaired) electrons. The molecular formula is C28H48N6O9. The van der Waals surface area contributed by atoms with Crippen LogP contribution in [0.15, 0.2) is 0 Å². The molecule has 43 heavy (non-hydrogen) atoms. The average molecular weight is 613 g/mol. The highest BCUT2D eigenvalue weighted by Crippen LogP contribution is 2.19. The van der Waals surface area contributed by atoms with Crippen LogP contribution in [0.1, 0.15) is 80.1 Å². The Morgan fingerprint density at radius 3 is 2.00 bits per heavy atom. The van der Waals surface area contributed by atoms with E-state index in [2.05, 4.69) is 21.3 Å². The minimum Gasteiger partial charge on any atom is -0.481 e. The number of carbonyl (C=O) groups excluding carboxylic acids is 5. The molecular weight excluding hydrogens is 564 g/mol. The summed E-state index contributed by atoms with van der Waals surface area (Å²) in [7, 11) is 0. The lowest BCUT2D eigenvalue weighted by atomic mass is 9.96. The molecule has 0 bridgehead atoms. The van der Waals surface area contributed by atoms with Crippen molar-refractivity contribution in [2.45, 2.75) is 116 Å². The molecule has 1 saturated heterocycles. The molecule has 0 saturated carbocycles. The Morgan fingerprint density at radius 1 is 0.860 bits per heavy atom. The normalized spacial score (nSPS) is 18.9. The van der Waals surface area contributed by atoms with Crippen molar-refractivity contribution >= 4 is 41.5 Å². The van der Waals surface area contributed by atoms with Gasteiger partial charge in [0.15, 0.2) is 0 Å². The fourth-order valence-electron chi connectivity index (χ4n) is 4.67. The molecule has 0 aromatic carbocycles. The fraction of sp³-hybridized carbons (Fsp3) is 0.750. The third-order valence-corrected chi connectivity index (χ3v) is 7.43. The van der Waals surface area contributed by atoms with Gasteiger partial charge in [-0.05, 0) is 51.4 Å². The van der Waals surface area contributed by atoms with Gasteiger partial charge in [-0.3, -0.25) is 33.6 Å². The van der Waals surface area contributed by atoms with Crippen molar-refractivity contribution in [2.75, 3.05) is 6.54 Å². The second kappa shape index (κ2) is 17.4. The van der Waals surface area contributed by atoms with Gasteiger partial charge in [-0.25, -0.2) is 0 Å². The van der Waals surface area contributed by atoms with Crippen LogP contribution in [-0.2, 0) is 33.6 Å². The van der Waals surface area contributed by atoms with Crippen LogP contribution in [-0.4, -0.2) is 99.4 Å². The average Bonchev–Trinajstić information content (AvgIpc) is 3.42. The van der Waals surface area contributed by atoms with Crippen LogP contribution >= 0.6 is 0 Å². The summed E-state index contributed by atoms with van der Waals surface area (Å²) in [6.45, 7) is 10.4. The van der Waals surface area contributed by atoms with Gasteiger partial charge < -0.3 is 42.1 Å². The number of likely N-dealkylation sites (tertiary alicyclic amines) is 1. The van der Waals surface area contributed by atoms with Gasteiger partial charge >= 0.3 is 11.9 Å². The molecule has 5 amide bonds. The lowest BCUT2D eigenvalue weighted by Gasteiger charge is -2.30. The maximum Gasteiger partial charge on any atom is 0.325 e. The van der Waals surface area contributed by atoms with Crippen molar-refractivity contribution < 1.29 is 43.8 Å². The molecule has 1 fully saturated rings. The van der Waals surface area contributed by atoms with Crippen molar-refractivity contribution in [3.63, 3.8) is 0 Å². The molecule has 244 valence electrons. The summed E-state index contributed by atoms with van der Waals surface area (Å²) >= 11 is 0. The number of rotatable bonds is 17. The minimum absolute atomic E-state index is 0.176. The van der Waals surface area contributed by atoms with E-state index < -0.39 is 84.1 Å². The van der Waals surface area contributed by atoms with E-state index in [1.807, 2.05) is 20.8 Å². The van der Waals surface area contributed by atoms with E-state index >= 15 is 0 Å². The molecule has 0 unspecified atom stereocenters. The van der Waals surface area contributed by atoms with Gasteiger partial charge in [-0.2, -0.15) is 0 Å². The van der Waals surface area contributed by atoms with Gasteiger partial charge in [-0.15, -0.1) is 0 Å². The number of carboxylic acid groups (broad SMARTS) is 2. The predicted molar refractivity (Wildman–Crippen MR) is 155 cm³/mol. The van der Waals surface area contributed by atoms with E-state index in [4.69, 9.17) is 15.9 Å². The summed E-state index contributed by atoms with van der Waals surface area (Å²) in [4.78, 5) is 88.5. The van der Waals surface area contributed by atoms with Gasteiger partial charge in [0.25, 0.3) is 0 Å². The van der Waals surface area contributed by atoms with Crippen LogP contribution in [0.4, 0.5) is 0 Å². The molecule has 0 aromatic rings. The number of hydrogen-bond donors (Lipinski definition) is 7. The van der Waals surface area contributed by atoms with Gasteiger partial charge in [0.2, 0.25) is 29.5 Å².